The Kier molecular flexibility index (Phi) is 4.39. The lowest BCUT2D eigenvalue weighted by molar-refractivity contribution is 0.472. The summed E-state index contributed by atoms with van der Waals surface area (Å²) in [6.45, 7) is 4.68. The first-order chi connectivity index (χ1) is 12.0. The van der Waals surface area contributed by atoms with E-state index in [-0.39, 0.29) is 0 Å². The van der Waals surface area contributed by atoms with Crippen LogP contribution in [0.5, 0.6) is 0 Å². The number of thiophene rings is 1. The highest BCUT2D eigenvalue weighted by Gasteiger charge is 2.18. The monoisotopic (exact) mass is 436 g/mol. The quantitative estimate of drug-likeness (QED) is 0.427. The number of nitrogens with zero attached hydrogens (tertiary/aromatic N) is 4. The van der Waals surface area contributed by atoms with E-state index in [9.17, 15) is 0 Å². The molecular formula is C17H14BrClN4OS. The second kappa shape index (κ2) is 6.55. The van der Waals surface area contributed by atoms with Crippen LogP contribution < -0.4 is 0 Å². The third kappa shape index (κ3) is 3.01. The number of hydrogen-bond acceptors (Lipinski definition) is 5. The number of aromatic nitrogens is 4. The Labute approximate surface area is 161 Å². The SMILES string of the molecule is Cc1nn(CCc2nnc(-c3sc4ccccc4c3Cl)o2)c(C)c1Br. The molecule has 3 aromatic heterocycles. The number of hydrogen-bond donors (Lipinski definition) is 0. The van der Waals surface area contributed by atoms with Crippen molar-refractivity contribution >= 4 is 49.0 Å². The lowest BCUT2D eigenvalue weighted by Crippen LogP contribution is -2.05. The Morgan fingerprint density at radius 3 is 2.76 bits per heavy atom. The number of benzene rings is 1. The van der Waals surface area contributed by atoms with Gasteiger partial charge in [-0.25, -0.2) is 0 Å². The molecule has 0 fully saturated rings. The second-order valence-electron chi connectivity index (χ2n) is 5.70. The summed E-state index contributed by atoms with van der Waals surface area (Å²) >= 11 is 11.6. The topological polar surface area (TPSA) is 56.7 Å². The van der Waals surface area contributed by atoms with Crippen LogP contribution >= 0.6 is 38.9 Å². The molecule has 0 aliphatic carbocycles. The van der Waals surface area contributed by atoms with E-state index in [4.69, 9.17) is 16.0 Å². The van der Waals surface area contributed by atoms with Gasteiger partial charge in [-0.1, -0.05) is 29.8 Å². The predicted octanol–water partition coefficient (Wildman–Crippen LogP) is 5.42. The van der Waals surface area contributed by atoms with E-state index in [1.54, 1.807) is 11.3 Å². The molecule has 8 heteroatoms. The zero-order valence-electron chi connectivity index (χ0n) is 13.6. The van der Waals surface area contributed by atoms with Crippen molar-refractivity contribution in [3.63, 3.8) is 0 Å². The van der Waals surface area contributed by atoms with Crippen molar-refractivity contribution in [3.8, 4) is 10.8 Å². The van der Waals surface area contributed by atoms with Crippen molar-refractivity contribution in [1.82, 2.24) is 20.0 Å². The Balaban J connectivity index is 1.57. The number of rotatable bonds is 4. The van der Waals surface area contributed by atoms with Gasteiger partial charge in [0.25, 0.3) is 5.89 Å². The number of halogens is 2. The minimum Gasteiger partial charge on any atom is -0.420 e. The minimum atomic E-state index is 0.468. The standard InChI is InChI=1S/C17H14BrClN4OS/c1-9-14(18)10(2)23(22-9)8-7-13-20-21-17(24-13)16-15(19)11-5-3-4-6-12(11)25-16/h3-6H,7-8H2,1-2H3. The van der Waals surface area contributed by atoms with Gasteiger partial charge in [-0.3, -0.25) is 4.68 Å². The molecule has 0 N–H and O–H groups in total. The maximum Gasteiger partial charge on any atom is 0.259 e. The molecule has 4 aromatic rings. The van der Waals surface area contributed by atoms with Gasteiger partial charge in [-0.15, -0.1) is 21.5 Å². The number of aryl methyl sites for hydroxylation is 3. The van der Waals surface area contributed by atoms with Crippen LogP contribution in [0.3, 0.4) is 0 Å². The molecule has 0 spiro atoms. The summed E-state index contributed by atoms with van der Waals surface area (Å²) in [6, 6.07) is 7.99. The van der Waals surface area contributed by atoms with Gasteiger partial charge >= 0.3 is 0 Å². The van der Waals surface area contributed by atoms with Crippen molar-refractivity contribution < 1.29 is 4.42 Å². The lowest BCUT2D eigenvalue weighted by Gasteiger charge is -2.01. The van der Waals surface area contributed by atoms with E-state index >= 15 is 0 Å². The summed E-state index contributed by atoms with van der Waals surface area (Å²) in [4.78, 5) is 0.815. The van der Waals surface area contributed by atoms with Crippen LogP contribution in [-0.2, 0) is 13.0 Å². The van der Waals surface area contributed by atoms with Gasteiger partial charge in [0.2, 0.25) is 5.89 Å². The maximum atomic E-state index is 6.48. The first-order valence-corrected chi connectivity index (χ1v) is 9.72. The smallest absolute Gasteiger partial charge is 0.259 e. The number of fused-ring (bicyclic) bond motifs is 1. The summed E-state index contributed by atoms with van der Waals surface area (Å²) < 4.78 is 9.91. The zero-order valence-corrected chi connectivity index (χ0v) is 16.7. The van der Waals surface area contributed by atoms with E-state index < -0.39 is 0 Å². The molecule has 0 atom stereocenters. The van der Waals surface area contributed by atoms with Gasteiger partial charge in [0.05, 0.1) is 15.2 Å². The summed E-state index contributed by atoms with van der Waals surface area (Å²) in [6.07, 6.45) is 0.615. The highest BCUT2D eigenvalue weighted by molar-refractivity contribution is 9.10. The van der Waals surface area contributed by atoms with Crippen LogP contribution in [0.25, 0.3) is 20.9 Å². The second-order valence-corrected chi connectivity index (χ2v) is 7.92. The van der Waals surface area contributed by atoms with E-state index in [0.717, 1.165) is 30.8 Å². The molecule has 25 heavy (non-hydrogen) atoms. The summed E-state index contributed by atoms with van der Waals surface area (Å²) in [7, 11) is 0. The molecule has 0 saturated carbocycles. The molecule has 0 aliphatic heterocycles. The van der Waals surface area contributed by atoms with Gasteiger partial charge in [0, 0.05) is 28.7 Å². The zero-order chi connectivity index (χ0) is 17.6. The molecule has 0 amide bonds. The van der Waals surface area contributed by atoms with Gasteiger partial charge in [0.15, 0.2) is 0 Å². The molecule has 0 aliphatic rings. The van der Waals surface area contributed by atoms with Crippen LogP contribution in [0, 0.1) is 13.8 Å². The normalized spacial score (nSPS) is 11.5. The van der Waals surface area contributed by atoms with Gasteiger partial charge in [-0.2, -0.15) is 5.10 Å². The van der Waals surface area contributed by atoms with Gasteiger partial charge in [0.1, 0.15) is 4.88 Å². The lowest BCUT2D eigenvalue weighted by atomic mass is 10.2. The predicted molar refractivity (Wildman–Crippen MR) is 103 cm³/mol. The minimum absolute atomic E-state index is 0.468. The van der Waals surface area contributed by atoms with Crippen molar-refractivity contribution in [3.05, 3.63) is 51.0 Å². The van der Waals surface area contributed by atoms with E-state index in [1.807, 2.05) is 42.8 Å². The molecule has 0 radical (unpaired) electrons. The average Bonchev–Trinajstić information content (AvgIpc) is 3.27. The van der Waals surface area contributed by atoms with Crippen LogP contribution in [0.2, 0.25) is 5.02 Å². The fourth-order valence-electron chi connectivity index (χ4n) is 2.69. The molecule has 1 aromatic carbocycles. The van der Waals surface area contributed by atoms with Crippen molar-refractivity contribution in [1.29, 1.82) is 0 Å². The average molecular weight is 438 g/mol. The molecule has 3 heterocycles. The van der Waals surface area contributed by atoms with Crippen LogP contribution in [0.1, 0.15) is 17.3 Å². The highest BCUT2D eigenvalue weighted by atomic mass is 79.9. The Bertz CT molecular complexity index is 1070. The maximum absolute atomic E-state index is 6.48. The Morgan fingerprint density at radius 2 is 2.04 bits per heavy atom. The molecule has 5 nitrogen and oxygen atoms in total. The molecule has 0 bridgehead atoms. The molecule has 0 saturated heterocycles. The fourth-order valence-corrected chi connectivity index (χ4v) is 4.41. The Morgan fingerprint density at radius 1 is 1.24 bits per heavy atom. The summed E-state index contributed by atoms with van der Waals surface area (Å²) in [5.41, 5.74) is 2.06. The Hall–Kier alpha value is -1.70. The van der Waals surface area contributed by atoms with E-state index in [2.05, 4.69) is 31.2 Å². The van der Waals surface area contributed by atoms with Crippen molar-refractivity contribution in [2.45, 2.75) is 26.8 Å². The van der Waals surface area contributed by atoms with E-state index in [1.165, 1.54) is 0 Å². The van der Waals surface area contributed by atoms with Gasteiger partial charge in [-0.05, 0) is 35.8 Å². The van der Waals surface area contributed by atoms with Crippen LogP contribution in [0.4, 0.5) is 0 Å². The summed E-state index contributed by atoms with van der Waals surface area (Å²) in [5.74, 6) is 1.04. The van der Waals surface area contributed by atoms with Crippen molar-refractivity contribution in [2.24, 2.45) is 0 Å². The first-order valence-electron chi connectivity index (χ1n) is 7.74. The third-order valence-corrected chi connectivity index (χ3v) is 6.84. The first kappa shape index (κ1) is 16.8. The molecule has 0 unspecified atom stereocenters. The third-order valence-electron chi connectivity index (χ3n) is 4.03. The van der Waals surface area contributed by atoms with Crippen molar-refractivity contribution in [2.75, 3.05) is 0 Å². The van der Waals surface area contributed by atoms with Crippen LogP contribution in [-0.4, -0.2) is 20.0 Å². The molecule has 4 rings (SSSR count). The largest absolute Gasteiger partial charge is 0.420 e. The highest BCUT2D eigenvalue weighted by Crippen LogP contribution is 2.41. The molecular weight excluding hydrogens is 424 g/mol. The van der Waals surface area contributed by atoms with E-state index in [0.29, 0.717) is 29.8 Å². The fraction of sp³-hybridized carbons (Fsp3) is 0.235. The molecule has 128 valence electrons. The summed E-state index contributed by atoms with van der Waals surface area (Å²) in [5, 5.41) is 14.5. The van der Waals surface area contributed by atoms with Crippen LogP contribution in [0.15, 0.2) is 33.2 Å². The van der Waals surface area contributed by atoms with Gasteiger partial charge < -0.3 is 4.42 Å².